The second kappa shape index (κ2) is 4.43. The molecule has 0 spiro atoms. The largest absolute Gasteiger partial charge is 0.381 e. The van der Waals surface area contributed by atoms with E-state index in [4.69, 9.17) is 4.74 Å². The van der Waals surface area contributed by atoms with E-state index in [1.165, 1.54) is 32.4 Å². The fourth-order valence-electron chi connectivity index (χ4n) is 2.98. The fourth-order valence-corrected chi connectivity index (χ4v) is 2.98. The smallest absolute Gasteiger partial charge is 0.0497 e. The van der Waals surface area contributed by atoms with Gasteiger partial charge in [0, 0.05) is 13.2 Å². The van der Waals surface area contributed by atoms with Crippen LogP contribution in [0.25, 0.3) is 0 Å². The molecule has 0 aliphatic carbocycles. The zero-order valence-electron chi connectivity index (χ0n) is 8.59. The van der Waals surface area contributed by atoms with Crippen molar-refractivity contribution in [1.82, 2.24) is 5.32 Å². The molecule has 3 atom stereocenters. The van der Waals surface area contributed by atoms with Crippen LogP contribution < -0.4 is 5.32 Å². The summed E-state index contributed by atoms with van der Waals surface area (Å²) in [4.78, 5) is 0. The van der Waals surface area contributed by atoms with Crippen LogP contribution in [0.5, 0.6) is 0 Å². The normalized spacial score (nSPS) is 36.7. The lowest BCUT2D eigenvalue weighted by Crippen LogP contribution is -2.25. The zero-order valence-corrected chi connectivity index (χ0v) is 8.59. The maximum Gasteiger partial charge on any atom is 0.0497 e. The number of nitrogens with one attached hydrogen (secondary N) is 1. The van der Waals surface area contributed by atoms with Gasteiger partial charge in [0.25, 0.3) is 0 Å². The van der Waals surface area contributed by atoms with E-state index >= 15 is 0 Å². The predicted octanol–water partition coefficient (Wildman–Crippen LogP) is 1.66. The van der Waals surface area contributed by atoms with Crippen LogP contribution in [0.1, 0.15) is 26.2 Å². The van der Waals surface area contributed by atoms with Gasteiger partial charge in [-0.3, -0.25) is 0 Å². The predicted molar refractivity (Wildman–Crippen MR) is 53.7 cm³/mol. The first-order valence-corrected chi connectivity index (χ1v) is 5.70. The van der Waals surface area contributed by atoms with Crippen LogP contribution in [0.15, 0.2) is 0 Å². The van der Waals surface area contributed by atoms with Crippen molar-refractivity contribution in [3.63, 3.8) is 0 Å². The van der Waals surface area contributed by atoms with Gasteiger partial charge in [-0.1, -0.05) is 13.3 Å². The highest BCUT2D eigenvalue weighted by atomic mass is 16.5. The summed E-state index contributed by atoms with van der Waals surface area (Å²) in [5, 5.41) is 3.47. The van der Waals surface area contributed by atoms with Gasteiger partial charge < -0.3 is 10.1 Å². The Morgan fingerprint density at radius 2 is 2.31 bits per heavy atom. The van der Waals surface area contributed by atoms with Crippen molar-refractivity contribution in [2.75, 3.05) is 26.3 Å². The van der Waals surface area contributed by atoms with E-state index in [1.807, 2.05) is 0 Å². The summed E-state index contributed by atoms with van der Waals surface area (Å²) in [6.07, 6.45) is 4.02. The van der Waals surface area contributed by atoms with Crippen molar-refractivity contribution in [2.45, 2.75) is 26.2 Å². The molecule has 2 aliphatic heterocycles. The van der Waals surface area contributed by atoms with Crippen molar-refractivity contribution >= 4 is 0 Å². The molecule has 0 amide bonds. The molecule has 0 aromatic heterocycles. The Morgan fingerprint density at radius 3 is 2.85 bits per heavy atom. The summed E-state index contributed by atoms with van der Waals surface area (Å²) in [6, 6.07) is 0. The van der Waals surface area contributed by atoms with Crippen LogP contribution in [-0.4, -0.2) is 26.3 Å². The molecular weight excluding hydrogens is 162 g/mol. The Labute approximate surface area is 81.0 Å². The van der Waals surface area contributed by atoms with Crippen LogP contribution >= 0.6 is 0 Å². The summed E-state index contributed by atoms with van der Waals surface area (Å²) in [6.45, 7) is 6.83. The molecule has 76 valence electrons. The van der Waals surface area contributed by atoms with Gasteiger partial charge in [0.1, 0.15) is 0 Å². The van der Waals surface area contributed by atoms with Gasteiger partial charge in [0.15, 0.2) is 0 Å². The van der Waals surface area contributed by atoms with E-state index in [0.29, 0.717) is 0 Å². The third kappa shape index (κ3) is 2.05. The number of hydrogen-bond acceptors (Lipinski definition) is 2. The highest BCUT2D eigenvalue weighted by molar-refractivity contribution is 4.83. The van der Waals surface area contributed by atoms with E-state index in [9.17, 15) is 0 Å². The summed E-state index contributed by atoms with van der Waals surface area (Å²) >= 11 is 0. The van der Waals surface area contributed by atoms with E-state index in [0.717, 1.165) is 31.0 Å². The van der Waals surface area contributed by atoms with Crippen molar-refractivity contribution in [1.29, 1.82) is 0 Å². The molecule has 2 rings (SSSR count). The lowest BCUT2D eigenvalue weighted by molar-refractivity contribution is 0.154. The average molecular weight is 183 g/mol. The molecule has 13 heavy (non-hydrogen) atoms. The standard InChI is InChI=1S/C11H21NO/c1-2-11(9-3-5-12-7-9)10-4-6-13-8-10/h9-12H,2-8H2,1H3. The Balaban J connectivity index is 1.90. The topological polar surface area (TPSA) is 21.3 Å². The molecule has 0 aromatic carbocycles. The van der Waals surface area contributed by atoms with Crippen LogP contribution in [0, 0.1) is 17.8 Å². The number of rotatable bonds is 3. The van der Waals surface area contributed by atoms with E-state index < -0.39 is 0 Å². The summed E-state index contributed by atoms with van der Waals surface area (Å²) in [5.74, 6) is 2.70. The maximum atomic E-state index is 5.48. The minimum Gasteiger partial charge on any atom is -0.381 e. The molecule has 3 unspecified atom stereocenters. The maximum absolute atomic E-state index is 5.48. The number of ether oxygens (including phenoxy) is 1. The third-order valence-electron chi connectivity index (χ3n) is 3.75. The van der Waals surface area contributed by atoms with Gasteiger partial charge in [-0.25, -0.2) is 0 Å². The van der Waals surface area contributed by atoms with Gasteiger partial charge in [0.05, 0.1) is 0 Å². The number of hydrogen-bond donors (Lipinski definition) is 1. The van der Waals surface area contributed by atoms with Crippen LogP contribution in [0.2, 0.25) is 0 Å². The Kier molecular flexibility index (Phi) is 3.23. The average Bonchev–Trinajstić information content (AvgIpc) is 2.76. The van der Waals surface area contributed by atoms with Crippen LogP contribution in [-0.2, 0) is 4.74 Å². The SMILES string of the molecule is CCC(C1CCNC1)C1CCOC1. The second-order valence-electron chi connectivity index (χ2n) is 4.45. The molecule has 1 N–H and O–H groups in total. The summed E-state index contributed by atoms with van der Waals surface area (Å²) in [5.41, 5.74) is 0. The minimum absolute atomic E-state index is 0.856. The molecule has 0 aromatic rings. The minimum atomic E-state index is 0.856. The van der Waals surface area contributed by atoms with Crippen molar-refractivity contribution in [3.8, 4) is 0 Å². The van der Waals surface area contributed by atoms with Crippen LogP contribution in [0.3, 0.4) is 0 Å². The first kappa shape index (κ1) is 9.47. The lowest BCUT2D eigenvalue weighted by Gasteiger charge is -2.26. The Morgan fingerprint density at radius 1 is 1.38 bits per heavy atom. The van der Waals surface area contributed by atoms with E-state index in [1.54, 1.807) is 0 Å². The van der Waals surface area contributed by atoms with Crippen molar-refractivity contribution in [2.24, 2.45) is 17.8 Å². The zero-order chi connectivity index (χ0) is 9.10. The second-order valence-corrected chi connectivity index (χ2v) is 4.45. The quantitative estimate of drug-likeness (QED) is 0.718. The molecule has 2 aliphatic rings. The molecule has 2 fully saturated rings. The molecule has 2 heterocycles. The van der Waals surface area contributed by atoms with E-state index in [-0.39, 0.29) is 0 Å². The van der Waals surface area contributed by atoms with Crippen molar-refractivity contribution < 1.29 is 4.74 Å². The third-order valence-corrected chi connectivity index (χ3v) is 3.75. The fraction of sp³-hybridized carbons (Fsp3) is 1.00. The highest BCUT2D eigenvalue weighted by Crippen LogP contribution is 2.33. The monoisotopic (exact) mass is 183 g/mol. The van der Waals surface area contributed by atoms with Gasteiger partial charge in [-0.15, -0.1) is 0 Å². The molecule has 2 saturated heterocycles. The molecular formula is C11H21NO. The molecule has 2 nitrogen and oxygen atoms in total. The molecule has 0 radical (unpaired) electrons. The summed E-state index contributed by atoms with van der Waals surface area (Å²) < 4.78 is 5.48. The first-order valence-electron chi connectivity index (χ1n) is 5.70. The van der Waals surface area contributed by atoms with Crippen LogP contribution in [0.4, 0.5) is 0 Å². The summed E-state index contributed by atoms with van der Waals surface area (Å²) in [7, 11) is 0. The van der Waals surface area contributed by atoms with Gasteiger partial charge in [0.2, 0.25) is 0 Å². The highest BCUT2D eigenvalue weighted by Gasteiger charge is 2.32. The van der Waals surface area contributed by atoms with Gasteiger partial charge >= 0.3 is 0 Å². The molecule has 2 heteroatoms. The first-order chi connectivity index (χ1) is 6.42. The van der Waals surface area contributed by atoms with Gasteiger partial charge in [-0.2, -0.15) is 0 Å². The van der Waals surface area contributed by atoms with Gasteiger partial charge in [-0.05, 0) is 43.7 Å². The van der Waals surface area contributed by atoms with Crippen molar-refractivity contribution in [3.05, 3.63) is 0 Å². The van der Waals surface area contributed by atoms with E-state index in [2.05, 4.69) is 12.2 Å². The molecule has 0 bridgehead atoms. The lowest BCUT2D eigenvalue weighted by atomic mass is 9.79. The molecule has 0 saturated carbocycles. The Hall–Kier alpha value is -0.0800. The Bertz CT molecular complexity index is 132.